The Morgan fingerprint density at radius 2 is 0.828 bits per heavy atom. The van der Waals surface area contributed by atoms with Crippen LogP contribution in [0.1, 0.15) is 80.6 Å². The van der Waals surface area contributed by atoms with E-state index in [1.54, 1.807) is 0 Å². The SMILES string of the molecule is Cc1ccc(C)cc1.Cc1ccc(C)cc1.Cc1ccc2c(c1)C(C)(C)c1cc(C)c3ccccc3c1-2.Cc1cccc2c1Cc1ccccc1-2.Cc1ccccc1. The molecule has 8 aromatic rings. The molecule has 0 spiro atoms. The molecular weight excluding hydrogens is 697 g/mol. The molecule has 0 fully saturated rings. The van der Waals surface area contributed by atoms with Gasteiger partial charge < -0.3 is 0 Å². The second-order valence-corrected chi connectivity index (χ2v) is 16.7. The average Bonchev–Trinajstić information content (AvgIpc) is 3.71. The summed E-state index contributed by atoms with van der Waals surface area (Å²) in [4.78, 5) is 0. The molecule has 0 atom stereocenters. The monoisotopic (exact) mass is 756 g/mol. The fraction of sp³-hybridized carbons (Fsp3) is 0.207. The summed E-state index contributed by atoms with van der Waals surface area (Å²) in [6.45, 7) is 21.8. The van der Waals surface area contributed by atoms with Crippen LogP contribution in [0.5, 0.6) is 0 Å². The van der Waals surface area contributed by atoms with Gasteiger partial charge in [-0.15, -0.1) is 0 Å². The molecule has 0 nitrogen and oxygen atoms in total. The van der Waals surface area contributed by atoms with Crippen LogP contribution in [-0.2, 0) is 11.8 Å². The van der Waals surface area contributed by atoms with Crippen LogP contribution in [0.3, 0.4) is 0 Å². The fourth-order valence-electron chi connectivity index (χ4n) is 8.00. The van der Waals surface area contributed by atoms with Crippen LogP contribution in [0.15, 0.2) is 170 Å². The Hall–Kier alpha value is -5.98. The third kappa shape index (κ3) is 9.75. The lowest BCUT2D eigenvalue weighted by Gasteiger charge is -2.22. The summed E-state index contributed by atoms with van der Waals surface area (Å²) in [7, 11) is 0. The smallest absolute Gasteiger partial charge is 0.0159 e. The topological polar surface area (TPSA) is 0 Å². The predicted octanol–water partition coefficient (Wildman–Crippen LogP) is 15.9. The molecule has 0 heterocycles. The van der Waals surface area contributed by atoms with Gasteiger partial charge in [0.25, 0.3) is 0 Å². The quantitative estimate of drug-likeness (QED) is 0.145. The van der Waals surface area contributed by atoms with Gasteiger partial charge in [-0.2, -0.15) is 0 Å². The Labute approximate surface area is 349 Å². The first kappa shape index (κ1) is 41.6. The highest BCUT2D eigenvalue weighted by Crippen LogP contribution is 2.52. The van der Waals surface area contributed by atoms with Crippen molar-refractivity contribution in [2.75, 3.05) is 0 Å². The first-order chi connectivity index (χ1) is 27.8. The normalized spacial score (nSPS) is 12.0. The zero-order chi connectivity index (χ0) is 41.4. The predicted molar refractivity (Wildman–Crippen MR) is 253 cm³/mol. The van der Waals surface area contributed by atoms with Crippen molar-refractivity contribution < 1.29 is 0 Å². The van der Waals surface area contributed by atoms with E-state index in [0.717, 1.165) is 6.42 Å². The highest BCUT2D eigenvalue weighted by atomic mass is 14.4. The minimum absolute atomic E-state index is 0.0888. The Morgan fingerprint density at radius 1 is 0.345 bits per heavy atom. The van der Waals surface area contributed by atoms with Gasteiger partial charge in [-0.1, -0.05) is 217 Å². The van der Waals surface area contributed by atoms with Gasteiger partial charge in [0, 0.05) is 5.41 Å². The number of rotatable bonds is 0. The molecule has 58 heavy (non-hydrogen) atoms. The van der Waals surface area contributed by atoms with Crippen LogP contribution < -0.4 is 0 Å². The minimum Gasteiger partial charge on any atom is -0.0622 e. The van der Waals surface area contributed by atoms with E-state index in [9.17, 15) is 0 Å². The molecule has 2 aliphatic carbocycles. The van der Waals surface area contributed by atoms with Crippen molar-refractivity contribution >= 4 is 10.8 Å². The van der Waals surface area contributed by atoms with Gasteiger partial charge >= 0.3 is 0 Å². The van der Waals surface area contributed by atoms with Gasteiger partial charge in [-0.25, -0.2) is 0 Å². The van der Waals surface area contributed by atoms with Crippen molar-refractivity contribution in [2.45, 2.75) is 81.1 Å². The summed E-state index contributed by atoms with van der Waals surface area (Å²) in [5.74, 6) is 0. The maximum Gasteiger partial charge on any atom is 0.0159 e. The lowest BCUT2D eigenvalue weighted by atomic mass is 9.81. The Morgan fingerprint density at radius 3 is 1.40 bits per heavy atom. The van der Waals surface area contributed by atoms with E-state index >= 15 is 0 Å². The van der Waals surface area contributed by atoms with E-state index in [1.165, 1.54) is 99.8 Å². The van der Waals surface area contributed by atoms with Crippen molar-refractivity contribution in [1.29, 1.82) is 0 Å². The summed E-state index contributed by atoms with van der Waals surface area (Å²) in [6, 6.07) is 60.6. The summed E-state index contributed by atoms with van der Waals surface area (Å²) >= 11 is 0. The van der Waals surface area contributed by atoms with Gasteiger partial charge in [0.05, 0.1) is 0 Å². The van der Waals surface area contributed by atoms with Crippen LogP contribution in [0.25, 0.3) is 33.0 Å². The molecule has 0 radical (unpaired) electrons. The van der Waals surface area contributed by atoms with Crippen molar-refractivity contribution in [3.63, 3.8) is 0 Å². The lowest BCUT2D eigenvalue weighted by Crippen LogP contribution is -2.15. The maximum atomic E-state index is 2.40. The first-order valence-corrected chi connectivity index (χ1v) is 20.7. The van der Waals surface area contributed by atoms with E-state index in [-0.39, 0.29) is 5.41 Å². The first-order valence-electron chi connectivity index (χ1n) is 20.7. The van der Waals surface area contributed by atoms with E-state index in [4.69, 9.17) is 0 Å². The van der Waals surface area contributed by atoms with E-state index < -0.39 is 0 Å². The Bertz CT molecular complexity index is 2520. The summed E-state index contributed by atoms with van der Waals surface area (Å²) in [5.41, 5.74) is 22.5. The fourth-order valence-corrected chi connectivity index (χ4v) is 8.00. The molecule has 0 unspecified atom stereocenters. The van der Waals surface area contributed by atoms with Gasteiger partial charge in [0.2, 0.25) is 0 Å². The summed E-state index contributed by atoms with van der Waals surface area (Å²) < 4.78 is 0. The highest BCUT2D eigenvalue weighted by molar-refractivity contribution is 6.03. The molecule has 292 valence electrons. The average molecular weight is 757 g/mol. The third-order valence-electron chi connectivity index (χ3n) is 11.5. The van der Waals surface area contributed by atoms with Crippen LogP contribution in [0, 0.1) is 55.4 Å². The minimum atomic E-state index is 0.0888. The third-order valence-corrected chi connectivity index (χ3v) is 11.5. The molecule has 0 saturated carbocycles. The van der Waals surface area contributed by atoms with Crippen LogP contribution >= 0.6 is 0 Å². The molecule has 0 N–H and O–H groups in total. The molecular formula is C58H60. The van der Waals surface area contributed by atoms with Gasteiger partial charge in [-0.05, 0) is 128 Å². The van der Waals surface area contributed by atoms with Crippen molar-refractivity contribution in [2.24, 2.45) is 0 Å². The largest absolute Gasteiger partial charge is 0.0622 e. The van der Waals surface area contributed by atoms with Crippen LogP contribution in [-0.4, -0.2) is 0 Å². The summed E-state index contributed by atoms with van der Waals surface area (Å²) in [5, 5.41) is 2.77. The maximum absolute atomic E-state index is 2.40. The lowest BCUT2D eigenvalue weighted by molar-refractivity contribution is 0.659. The second-order valence-electron chi connectivity index (χ2n) is 16.7. The molecule has 0 bridgehead atoms. The molecule has 2 aliphatic rings. The molecule has 0 aliphatic heterocycles. The van der Waals surface area contributed by atoms with E-state index in [2.05, 4.69) is 221 Å². The Kier molecular flexibility index (Phi) is 13.3. The molecule has 0 saturated heterocycles. The molecule has 10 rings (SSSR count). The number of aryl methyl sites for hydroxylation is 8. The van der Waals surface area contributed by atoms with Crippen molar-refractivity contribution in [1.82, 2.24) is 0 Å². The molecule has 0 heteroatoms. The second kappa shape index (κ2) is 18.5. The number of fused-ring (bicyclic) bond motifs is 8. The van der Waals surface area contributed by atoms with Gasteiger partial charge in [0.1, 0.15) is 0 Å². The molecule has 8 aromatic carbocycles. The van der Waals surface area contributed by atoms with Crippen molar-refractivity contribution in [3.05, 3.63) is 237 Å². The van der Waals surface area contributed by atoms with Gasteiger partial charge in [-0.3, -0.25) is 0 Å². The molecule has 0 aromatic heterocycles. The standard InChI is InChI=1S/C21H20.C14H12.2C8H10.C7H8/c1-13-9-10-17-18(11-13)21(3,4)19-12-14(2)15-7-5-6-8-16(15)20(17)19;1-10-5-4-8-13-12-7-3-2-6-11(12)9-14(10)13;2*1-7-3-5-8(2)6-4-7;1-7-5-3-2-4-6-7/h5-12H,1-4H3;2-8H,9H2,1H3;2*3-6H,1-2H3;2-6H,1H3. The summed E-state index contributed by atoms with van der Waals surface area (Å²) in [6.07, 6.45) is 1.11. The van der Waals surface area contributed by atoms with Crippen LogP contribution in [0.4, 0.5) is 0 Å². The zero-order valence-electron chi connectivity index (χ0n) is 36.4. The highest BCUT2D eigenvalue weighted by Gasteiger charge is 2.36. The number of hydrogen-bond donors (Lipinski definition) is 0. The Balaban J connectivity index is 0.000000132. The van der Waals surface area contributed by atoms with Crippen LogP contribution in [0.2, 0.25) is 0 Å². The van der Waals surface area contributed by atoms with Gasteiger partial charge in [0.15, 0.2) is 0 Å². The number of benzene rings is 8. The molecule has 0 amide bonds. The number of hydrogen-bond acceptors (Lipinski definition) is 0. The van der Waals surface area contributed by atoms with E-state index in [1.807, 2.05) is 18.2 Å². The zero-order valence-corrected chi connectivity index (χ0v) is 36.4. The van der Waals surface area contributed by atoms with E-state index in [0.29, 0.717) is 0 Å². The van der Waals surface area contributed by atoms with Crippen molar-refractivity contribution in [3.8, 4) is 22.3 Å².